The van der Waals surface area contributed by atoms with Gasteiger partial charge in [-0.2, -0.15) is 26.3 Å². The SMILES string of the molecule is FC(F)(F)c1ccc(-c2cc(-c3ccccc3)[o+]c(-c3ccc(C(F)(F)F)cc3)c2)cc1.F[B-](F)(F)F. The fraction of sp³-hybridized carbons (Fsp3) is 0.0800. The maximum Gasteiger partial charge on any atom is 0.673 e. The smallest absolute Gasteiger partial charge is 0.418 e. The maximum atomic E-state index is 12.9. The highest BCUT2D eigenvalue weighted by atomic mass is 19.5. The van der Waals surface area contributed by atoms with Crippen LogP contribution in [0.3, 0.4) is 0 Å². The third-order valence-corrected chi connectivity index (χ3v) is 4.89. The van der Waals surface area contributed by atoms with Crippen LogP contribution in [0, 0.1) is 0 Å². The Morgan fingerprint density at radius 1 is 0.459 bits per heavy atom. The lowest BCUT2D eigenvalue weighted by molar-refractivity contribution is -0.138. The van der Waals surface area contributed by atoms with Crippen molar-refractivity contribution in [2.24, 2.45) is 0 Å². The van der Waals surface area contributed by atoms with Gasteiger partial charge in [0.05, 0.1) is 34.4 Å². The summed E-state index contributed by atoms with van der Waals surface area (Å²) in [4.78, 5) is 0. The molecule has 0 radical (unpaired) electrons. The summed E-state index contributed by atoms with van der Waals surface area (Å²) < 4.78 is 122. The minimum absolute atomic E-state index is 0.287. The van der Waals surface area contributed by atoms with Crippen LogP contribution < -0.4 is 0 Å². The van der Waals surface area contributed by atoms with E-state index in [-0.39, 0.29) is 5.76 Å². The first kappa shape index (κ1) is 27.8. The predicted molar refractivity (Wildman–Crippen MR) is 120 cm³/mol. The molecule has 0 aliphatic heterocycles. The van der Waals surface area contributed by atoms with Gasteiger partial charge in [0.1, 0.15) is 0 Å². The molecule has 1 aromatic heterocycles. The van der Waals surface area contributed by atoms with Crippen molar-refractivity contribution in [3.8, 4) is 33.8 Å². The van der Waals surface area contributed by atoms with Gasteiger partial charge >= 0.3 is 31.1 Å². The summed E-state index contributed by atoms with van der Waals surface area (Å²) in [7, 11) is -6.00. The van der Waals surface area contributed by atoms with Crippen LogP contribution in [0.5, 0.6) is 0 Å². The van der Waals surface area contributed by atoms with Crippen molar-refractivity contribution in [2.75, 3.05) is 0 Å². The fourth-order valence-electron chi connectivity index (χ4n) is 3.23. The molecule has 0 saturated heterocycles. The Morgan fingerprint density at radius 2 is 0.811 bits per heavy atom. The van der Waals surface area contributed by atoms with Gasteiger partial charge in [0.2, 0.25) is 0 Å². The Bertz CT molecular complexity index is 1230. The van der Waals surface area contributed by atoms with Crippen molar-refractivity contribution in [2.45, 2.75) is 12.4 Å². The van der Waals surface area contributed by atoms with Crippen molar-refractivity contribution in [1.29, 1.82) is 0 Å². The molecule has 12 heteroatoms. The molecule has 0 bridgehead atoms. The molecule has 0 spiro atoms. The zero-order chi connectivity index (χ0) is 27.4. The van der Waals surface area contributed by atoms with E-state index in [4.69, 9.17) is 4.42 Å². The minimum atomic E-state index is -6.00. The Kier molecular flexibility index (Phi) is 7.99. The zero-order valence-electron chi connectivity index (χ0n) is 18.4. The second-order valence-electron chi connectivity index (χ2n) is 7.59. The van der Waals surface area contributed by atoms with Crippen LogP contribution in [0.25, 0.3) is 33.8 Å². The largest absolute Gasteiger partial charge is 0.673 e. The van der Waals surface area contributed by atoms with Crippen LogP contribution in [-0.2, 0) is 12.4 Å². The second kappa shape index (κ2) is 10.7. The number of rotatable bonds is 3. The highest BCUT2D eigenvalue weighted by molar-refractivity contribution is 6.50. The summed E-state index contributed by atoms with van der Waals surface area (Å²) in [6.45, 7) is 0. The van der Waals surface area contributed by atoms with E-state index in [1.807, 2.05) is 6.07 Å². The highest BCUT2D eigenvalue weighted by Crippen LogP contribution is 2.36. The molecule has 4 rings (SSSR count). The average Bonchev–Trinajstić information content (AvgIpc) is 2.82. The lowest BCUT2D eigenvalue weighted by Crippen LogP contribution is -2.04. The van der Waals surface area contributed by atoms with Gasteiger partial charge in [-0.25, -0.2) is 4.42 Å². The van der Waals surface area contributed by atoms with Crippen molar-refractivity contribution < 1.29 is 48.0 Å². The number of halogens is 10. The van der Waals surface area contributed by atoms with Gasteiger partial charge in [-0.1, -0.05) is 30.3 Å². The van der Waals surface area contributed by atoms with E-state index in [0.29, 0.717) is 22.5 Å². The van der Waals surface area contributed by atoms with E-state index in [2.05, 4.69) is 0 Å². The lowest BCUT2D eigenvalue weighted by Gasteiger charge is -2.08. The molecule has 0 saturated carbocycles. The predicted octanol–water partition coefficient (Wildman–Crippen LogP) is 9.90. The molecule has 0 atom stereocenters. The molecule has 3 aromatic carbocycles. The number of hydrogen-bond donors (Lipinski definition) is 0. The van der Waals surface area contributed by atoms with Crippen LogP contribution >= 0.6 is 0 Å². The Hall–Kier alpha value is -3.83. The van der Waals surface area contributed by atoms with Crippen LogP contribution in [-0.4, -0.2) is 7.25 Å². The van der Waals surface area contributed by atoms with Gasteiger partial charge in [0.15, 0.2) is 0 Å². The highest BCUT2D eigenvalue weighted by Gasteiger charge is 2.31. The molecule has 0 aliphatic carbocycles. The molecule has 4 aromatic rings. The van der Waals surface area contributed by atoms with Crippen LogP contribution in [0.2, 0.25) is 0 Å². The molecule has 0 N–H and O–H groups in total. The van der Waals surface area contributed by atoms with E-state index in [0.717, 1.165) is 29.8 Å². The van der Waals surface area contributed by atoms with Crippen LogP contribution in [0.1, 0.15) is 11.1 Å². The Balaban J connectivity index is 0.000000695. The van der Waals surface area contributed by atoms with Crippen LogP contribution in [0.15, 0.2) is 95.4 Å². The minimum Gasteiger partial charge on any atom is -0.418 e. The molecular formula is C25H15BF10O. The average molecular weight is 532 g/mol. The van der Waals surface area contributed by atoms with Gasteiger partial charge in [0.25, 0.3) is 0 Å². The summed E-state index contributed by atoms with van der Waals surface area (Å²) in [6.07, 6.45) is -8.92. The molecule has 1 nitrogen and oxygen atoms in total. The van der Waals surface area contributed by atoms with Crippen molar-refractivity contribution >= 4 is 7.25 Å². The first-order chi connectivity index (χ1) is 17.1. The number of hydrogen-bond acceptors (Lipinski definition) is 0. The first-order valence-corrected chi connectivity index (χ1v) is 10.4. The molecule has 194 valence electrons. The quantitative estimate of drug-likeness (QED) is 0.145. The zero-order valence-corrected chi connectivity index (χ0v) is 18.4. The van der Waals surface area contributed by atoms with Crippen molar-refractivity contribution in [3.63, 3.8) is 0 Å². The summed E-state index contributed by atoms with van der Waals surface area (Å²) >= 11 is 0. The summed E-state index contributed by atoms with van der Waals surface area (Å²) in [5.74, 6) is 0.716. The number of benzene rings is 3. The lowest BCUT2D eigenvalue weighted by atomic mass is 10.00. The van der Waals surface area contributed by atoms with Crippen molar-refractivity contribution in [3.05, 3.63) is 102 Å². The van der Waals surface area contributed by atoms with E-state index in [1.165, 1.54) is 24.3 Å². The van der Waals surface area contributed by atoms with Gasteiger partial charge < -0.3 is 17.3 Å². The van der Waals surface area contributed by atoms with Crippen molar-refractivity contribution in [1.82, 2.24) is 0 Å². The fourth-order valence-corrected chi connectivity index (χ4v) is 3.23. The monoisotopic (exact) mass is 532 g/mol. The second-order valence-corrected chi connectivity index (χ2v) is 7.59. The summed E-state index contributed by atoms with van der Waals surface area (Å²) in [5, 5.41) is 0. The molecule has 37 heavy (non-hydrogen) atoms. The maximum absolute atomic E-state index is 12.9. The Labute approximate surface area is 204 Å². The first-order valence-electron chi connectivity index (χ1n) is 10.4. The topological polar surface area (TPSA) is 11.3 Å². The van der Waals surface area contributed by atoms with E-state index in [9.17, 15) is 43.6 Å². The molecule has 0 aliphatic rings. The molecular weight excluding hydrogens is 517 g/mol. The van der Waals surface area contributed by atoms with Gasteiger partial charge in [-0.3, -0.25) is 0 Å². The third kappa shape index (κ3) is 8.09. The number of alkyl halides is 6. The summed E-state index contributed by atoms with van der Waals surface area (Å²) in [6, 6.07) is 21.5. The van der Waals surface area contributed by atoms with Gasteiger partial charge in [-0.15, -0.1) is 0 Å². The van der Waals surface area contributed by atoms with Crippen LogP contribution in [0.4, 0.5) is 43.6 Å². The van der Waals surface area contributed by atoms with Gasteiger partial charge in [-0.05, 0) is 54.1 Å². The molecule has 1 heterocycles. The van der Waals surface area contributed by atoms with Gasteiger partial charge in [0, 0.05) is 5.56 Å². The molecule has 0 amide bonds. The molecule has 0 unspecified atom stereocenters. The van der Waals surface area contributed by atoms with E-state index in [1.54, 1.807) is 36.4 Å². The Morgan fingerprint density at radius 3 is 1.19 bits per heavy atom. The summed E-state index contributed by atoms with van der Waals surface area (Å²) in [5.41, 5.74) is 0.646. The third-order valence-electron chi connectivity index (χ3n) is 4.89. The van der Waals surface area contributed by atoms with E-state index >= 15 is 0 Å². The standard InChI is InChI=1S/C25H15F6O.BF4/c26-24(27,28)20-10-6-16(7-11-20)19-14-22(17-4-2-1-3-5-17)32-23(15-19)18-8-12-21(13-9-18)25(29,30)31;2-1(3,4)5/h1-15H;/q+1;-1. The van der Waals surface area contributed by atoms with E-state index < -0.39 is 30.7 Å². The molecule has 0 fully saturated rings. The normalized spacial score (nSPS) is 12.1.